The maximum atomic E-state index is 11.5. The highest BCUT2D eigenvalue weighted by molar-refractivity contribution is 5.82. The van der Waals surface area contributed by atoms with Crippen LogP contribution in [-0.4, -0.2) is 45.7 Å². The lowest BCUT2D eigenvalue weighted by molar-refractivity contribution is -0.143. The van der Waals surface area contributed by atoms with Crippen LogP contribution in [0.15, 0.2) is 6.07 Å². The molecular weight excluding hydrogens is 198 g/mol. The molecule has 1 aromatic rings. The molecule has 0 aliphatic rings. The summed E-state index contributed by atoms with van der Waals surface area (Å²) < 4.78 is 0. The smallest absolute Gasteiger partial charge is 0.323 e. The lowest BCUT2D eigenvalue weighted by atomic mass is 10.2. The summed E-state index contributed by atoms with van der Waals surface area (Å²) in [5.74, 6) is -1.28. The average Bonchev–Trinajstić information content (AvgIpc) is 2.50. The van der Waals surface area contributed by atoms with Crippen molar-refractivity contribution in [3.63, 3.8) is 0 Å². The minimum Gasteiger partial charge on any atom is -0.480 e. The first-order valence-electron chi connectivity index (χ1n) is 4.45. The fraction of sp³-hybridized carbons (Fsp3) is 0.444. The van der Waals surface area contributed by atoms with Gasteiger partial charge >= 0.3 is 5.97 Å². The number of aromatic amines is 1. The van der Waals surface area contributed by atoms with Gasteiger partial charge < -0.3 is 10.0 Å². The molecule has 1 amide bonds. The predicted molar refractivity (Wildman–Crippen MR) is 52.3 cm³/mol. The highest BCUT2D eigenvalue weighted by atomic mass is 16.4. The van der Waals surface area contributed by atoms with E-state index in [1.165, 1.54) is 7.05 Å². The van der Waals surface area contributed by atoms with E-state index in [-0.39, 0.29) is 18.9 Å². The number of aliphatic carboxylic acids is 1. The predicted octanol–water partition coefficient (Wildman–Crippen LogP) is -0.196. The first-order valence-corrected chi connectivity index (χ1v) is 4.45. The standard InChI is InChI=1S/C9H13N3O3/c1-6-3-7(11-10-6)4-8(13)12(2)5-9(14)15/h3H,4-5H2,1-2H3,(H,10,11)(H,14,15). The van der Waals surface area contributed by atoms with Crippen molar-refractivity contribution in [1.82, 2.24) is 15.1 Å². The van der Waals surface area contributed by atoms with Crippen molar-refractivity contribution in [2.75, 3.05) is 13.6 Å². The zero-order valence-electron chi connectivity index (χ0n) is 8.65. The number of hydrogen-bond donors (Lipinski definition) is 2. The lowest BCUT2D eigenvalue weighted by Gasteiger charge is -2.13. The van der Waals surface area contributed by atoms with Gasteiger partial charge in [-0.2, -0.15) is 5.10 Å². The molecule has 82 valence electrons. The minimum absolute atomic E-state index is 0.119. The van der Waals surface area contributed by atoms with Gasteiger partial charge in [-0.05, 0) is 13.0 Å². The van der Waals surface area contributed by atoms with Crippen molar-refractivity contribution < 1.29 is 14.7 Å². The van der Waals surface area contributed by atoms with Crippen molar-refractivity contribution in [3.8, 4) is 0 Å². The van der Waals surface area contributed by atoms with E-state index in [4.69, 9.17) is 5.11 Å². The molecule has 6 nitrogen and oxygen atoms in total. The number of carboxylic acid groups (broad SMARTS) is 1. The molecular formula is C9H13N3O3. The van der Waals surface area contributed by atoms with Crippen molar-refractivity contribution in [2.45, 2.75) is 13.3 Å². The van der Waals surface area contributed by atoms with Gasteiger partial charge in [0.25, 0.3) is 0 Å². The van der Waals surface area contributed by atoms with Crippen LogP contribution in [-0.2, 0) is 16.0 Å². The molecule has 1 rings (SSSR count). The molecule has 6 heteroatoms. The summed E-state index contributed by atoms with van der Waals surface area (Å²) in [6.07, 6.45) is 0.119. The van der Waals surface area contributed by atoms with Crippen molar-refractivity contribution >= 4 is 11.9 Å². The monoisotopic (exact) mass is 211 g/mol. The molecule has 1 aromatic heterocycles. The summed E-state index contributed by atoms with van der Waals surface area (Å²) in [5.41, 5.74) is 1.49. The van der Waals surface area contributed by atoms with E-state index in [1.807, 2.05) is 6.92 Å². The third-order valence-corrected chi connectivity index (χ3v) is 1.89. The maximum Gasteiger partial charge on any atom is 0.323 e. The number of likely N-dealkylation sites (N-methyl/N-ethyl adjacent to an activating group) is 1. The third-order valence-electron chi connectivity index (χ3n) is 1.89. The number of nitrogens with zero attached hydrogens (tertiary/aromatic N) is 2. The normalized spacial score (nSPS) is 10.0. The van der Waals surface area contributed by atoms with E-state index in [9.17, 15) is 9.59 Å². The van der Waals surface area contributed by atoms with Gasteiger partial charge in [0, 0.05) is 12.7 Å². The van der Waals surface area contributed by atoms with Crippen LogP contribution in [0.5, 0.6) is 0 Å². The summed E-state index contributed by atoms with van der Waals surface area (Å²) in [5, 5.41) is 15.1. The van der Waals surface area contributed by atoms with Crippen LogP contribution in [0.4, 0.5) is 0 Å². The number of carbonyl (C=O) groups is 2. The highest BCUT2D eigenvalue weighted by Gasteiger charge is 2.13. The molecule has 0 saturated heterocycles. The number of carboxylic acids is 1. The van der Waals surface area contributed by atoms with Crippen molar-refractivity contribution in [2.24, 2.45) is 0 Å². The number of H-pyrrole nitrogens is 1. The number of aromatic nitrogens is 2. The Morgan fingerprint density at radius 3 is 2.73 bits per heavy atom. The first-order chi connectivity index (χ1) is 6.99. The highest BCUT2D eigenvalue weighted by Crippen LogP contribution is 2.00. The Kier molecular flexibility index (Phi) is 3.43. The quantitative estimate of drug-likeness (QED) is 0.722. The fourth-order valence-corrected chi connectivity index (χ4v) is 1.15. The average molecular weight is 211 g/mol. The van der Waals surface area contributed by atoms with Gasteiger partial charge in [0.1, 0.15) is 6.54 Å². The van der Waals surface area contributed by atoms with Crippen LogP contribution in [0, 0.1) is 6.92 Å². The molecule has 15 heavy (non-hydrogen) atoms. The maximum absolute atomic E-state index is 11.5. The lowest BCUT2D eigenvalue weighted by Crippen LogP contribution is -2.33. The zero-order valence-corrected chi connectivity index (χ0v) is 8.65. The largest absolute Gasteiger partial charge is 0.480 e. The second-order valence-corrected chi connectivity index (χ2v) is 3.36. The van der Waals surface area contributed by atoms with Gasteiger partial charge in [0.15, 0.2) is 0 Å². The Bertz CT molecular complexity index is 372. The van der Waals surface area contributed by atoms with Crippen LogP contribution in [0.25, 0.3) is 0 Å². The Morgan fingerprint density at radius 2 is 2.27 bits per heavy atom. The topological polar surface area (TPSA) is 86.3 Å². The van der Waals surface area contributed by atoms with Gasteiger partial charge in [0.05, 0.1) is 12.1 Å². The molecule has 0 atom stereocenters. The molecule has 0 radical (unpaired) electrons. The number of rotatable bonds is 4. The zero-order chi connectivity index (χ0) is 11.4. The van der Waals surface area contributed by atoms with E-state index in [0.717, 1.165) is 10.6 Å². The number of carbonyl (C=O) groups excluding carboxylic acids is 1. The van der Waals surface area contributed by atoms with Crippen LogP contribution >= 0.6 is 0 Å². The third kappa shape index (κ3) is 3.41. The summed E-state index contributed by atoms with van der Waals surface area (Å²) in [6, 6.07) is 1.76. The van der Waals surface area contributed by atoms with E-state index in [2.05, 4.69) is 10.2 Å². The van der Waals surface area contributed by atoms with Crippen LogP contribution in [0.2, 0.25) is 0 Å². The number of aryl methyl sites for hydroxylation is 1. The van der Waals surface area contributed by atoms with Crippen LogP contribution in [0.3, 0.4) is 0 Å². The van der Waals surface area contributed by atoms with E-state index in [1.54, 1.807) is 6.07 Å². The Morgan fingerprint density at radius 1 is 1.60 bits per heavy atom. The van der Waals surface area contributed by atoms with Crippen LogP contribution in [0.1, 0.15) is 11.4 Å². The summed E-state index contributed by atoms with van der Waals surface area (Å²) >= 11 is 0. The van der Waals surface area contributed by atoms with E-state index < -0.39 is 5.97 Å². The first kappa shape index (κ1) is 11.2. The molecule has 0 aliphatic carbocycles. The number of nitrogens with one attached hydrogen (secondary N) is 1. The number of hydrogen-bond acceptors (Lipinski definition) is 3. The molecule has 0 aliphatic heterocycles. The Hall–Kier alpha value is -1.85. The van der Waals surface area contributed by atoms with Crippen LogP contribution < -0.4 is 0 Å². The second kappa shape index (κ2) is 4.59. The SMILES string of the molecule is Cc1cc(CC(=O)N(C)CC(=O)O)n[nH]1. The molecule has 0 unspecified atom stereocenters. The Labute approximate surface area is 86.9 Å². The Balaban J connectivity index is 2.52. The van der Waals surface area contributed by atoms with Gasteiger partial charge in [-0.1, -0.05) is 0 Å². The summed E-state index contributed by atoms with van der Waals surface area (Å²) in [4.78, 5) is 23.0. The van der Waals surface area contributed by atoms with Gasteiger partial charge in [-0.3, -0.25) is 14.7 Å². The van der Waals surface area contributed by atoms with Gasteiger partial charge in [-0.25, -0.2) is 0 Å². The molecule has 0 fully saturated rings. The molecule has 0 aromatic carbocycles. The summed E-state index contributed by atoms with van der Waals surface area (Å²) in [7, 11) is 1.45. The fourth-order valence-electron chi connectivity index (χ4n) is 1.15. The molecule has 0 bridgehead atoms. The summed E-state index contributed by atoms with van der Waals surface area (Å²) in [6.45, 7) is 1.55. The number of amides is 1. The second-order valence-electron chi connectivity index (χ2n) is 3.36. The van der Waals surface area contributed by atoms with Crippen molar-refractivity contribution in [1.29, 1.82) is 0 Å². The molecule has 1 heterocycles. The van der Waals surface area contributed by atoms with Gasteiger partial charge in [-0.15, -0.1) is 0 Å². The van der Waals surface area contributed by atoms with Gasteiger partial charge in [0.2, 0.25) is 5.91 Å². The van der Waals surface area contributed by atoms with E-state index >= 15 is 0 Å². The molecule has 0 spiro atoms. The van der Waals surface area contributed by atoms with Crippen molar-refractivity contribution in [3.05, 3.63) is 17.5 Å². The van der Waals surface area contributed by atoms with E-state index in [0.29, 0.717) is 5.69 Å². The minimum atomic E-state index is -1.02. The molecule has 0 saturated carbocycles. The molecule has 2 N–H and O–H groups in total.